The molecule has 1 aromatic heterocycles. The van der Waals surface area contributed by atoms with Crippen molar-refractivity contribution in [1.82, 2.24) is 9.13 Å². The molecule has 5 aromatic rings. The minimum atomic E-state index is -2.12. The van der Waals surface area contributed by atoms with Crippen molar-refractivity contribution >= 4 is 22.9 Å². The van der Waals surface area contributed by atoms with Crippen LogP contribution in [0.4, 0.5) is 0 Å². The molecule has 2 heterocycles. The fourth-order valence-electron chi connectivity index (χ4n) is 6.75. The molecular formula is C44H43BN4O10P. The van der Waals surface area contributed by atoms with Crippen molar-refractivity contribution in [2.24, 2.45) is 0 Å². The van der Waals surface area contributed by atoms with E-state index in [-0.39, 0.29) is 58.6 Å². The molecule has 14 nitrogen and oxygen atoms in total. The highest BCUT2D eigenvalue weighted by atomic mass is 31.2. The van der Waals surface area contributed by atoms with Gasteiger partial charge in [-0.2, -0.15) is 15.1 Å². The van der Waals surface area contributed by atoms with E-state index < -0.39 is 49.8 Å². The zero-order chi connectivity index (χ0) is 41.8. The Bertz CT molecular complexity index is 2320. The van der Waals surface area contributed by atoms with E-state index in [1.165, 1.54) is 29.8 Å². The lowest BCUT2D eigenvalue weighted by Crippen LogP contribution is -2.45. The molecule has 60 heavy (non-hydrogen) atoms. The first-order valence-corrected chi connectivity index (χ1v) is 19.9. The van der Waals surface area contributed by atoms with Gasteiger partial charge in [0.25, 0.3) is 11.5 Å². The maximum absolute atomic E-state index is 14.1. The van der Waals surface area contributed by atoms with Crippen molar-refractivity contribution in [2.75, 3.05) is 34.0 Å². The van der Waals surface area contributed by atoms with E-state index in [0.29, 0.717) is 16.1 Å². The summed E-state index contributed by atoms with van der Waals surface area (Å²) in [5.74, 6) is 0.514. The lowest BCUT2D eigenvalue weighted by atomic mass is 9.80. The summed E-state index contributed by atoms with van der Waals surface area (Å²) in [6.07, 6.45) is -1.27. The summed E-state index contributed by atoms with van der Waals surface area (Å²) in [7, 11) is 1.06. The highest BCUT2D eigenvalue weighted by Gasteiger charge is 2.44. The van der Waals surface area contributed by atoms with Gasteiger partial charge in [0, 0.05) is 32.2 Å². The van der Waals surface area contributed by atoms with Crippen LogP contribution in [0.2, 0.25) is 0 Å². The summed E-state index contributed by atoms with van der Waals surface area (Å²) < 4.78 is 44.8. The van der Waals surface area contributed by atoms with Crippen LogP contribution >= 0.6 is 8.60 Å². The molecule has 1 fully saturated rings. The van der Waals surface area contributed by atoms with Gasteiger partial charge in [-0.15, -0.1) is 0 Å². The predicted molar refractivity (Wildman–Crippen MR) is 223 cm³/mol. The molecule has 0 bridgehead atoms. The number of nitriles is 2. The maximum Gasteiger partial charge on any atom is 0.340 e. The van der Waals surface area contributed by atoms with Crippen molar-refractivity contribution < 1.29 is 37.3 Å². The van der Waals surface area contributed by atoms with Crippen molar-refractivity contribution in [3.8, 4) is 23.6 Å². The van der Waals surface area contributed by atoms with Crippen LogP contribution < -0.4 is 20.7 Å². The minimum Gasteiger partial charge on any atom is -0.497 e. The number of nitrogens with zero attached hydrogens (tertiary/aromatic N) is 4. The summed E-state index contributed by atoms with van der Waals surface area (Å²) in [4.78, 5) is 41.1. The molecule has 307 valence electrons. The number of carbonyl (C=O) groups is 1. The van der Waals surface area contributed by atoms with Crippen molar-refractivity contribution in [2.45, 2.75) is 50.2 Å². The quantitative estimate of drug-likeness (QED) is 0.0412. The number of hydrogen-bond acceptors (Lipinski definition) is 12. The second-order valence-corrected chi connectivity index (χ2v) is 14.5. The number of aryl methyl sites for hydroxylation is 1. The maximum atomic E-state index is 14.1. The smallest absolute Gasteiger partial charge is 0.340 e. The van der Waals surface area contributed by atoms with E-state index in [2.05, 4.69) is 0 Å². The Kier molecular flexibility index (Phi) is 16.1. The summed E-state index contributed by atoms with van der Waals surface area (Å²) in [6.45, 7) is 1.40. The Labute approximate surface area is 350 Å². The van der Waals surface area contributed by atoms with Crippen LogP contribution in [0.15, 0.2) is 125 Å². The molecule has 0 N–H and O–H groups in total. The predicted octanol–water partition coefficient (Wildman–Crippen LogP) is 6.41. The van der Waals surface area contributed by atoms with Gasteiger partial charge in [-0.25, -0.2) is 4.79 Å². The molecule has 4 aromatic carbocycles. The summed E-state index contributed by atoms with van der Waals surface area (Å²) in [6, 6.07) is 36.8. The molecule has 1 aliphatic rings. The first kappa shape index (κ1) is 45.2. The molecule has 1 aliphatic heterocycles. The van der Waals surface area contributed by atoms with Gasteiger partial charge in [-0.1, -0.05) is 72.8 Å². The molecule has 3 atom stereocenters. The minimum absolute atomic E-state index is 0. The highest BCUT2D eigenvalue weighted by Crippen LogP contribution is 2.47. The van der Waals surface area contributed by atoms with Crippen molar-refractivity contribution in [1.29, 1.82) is 10.5 Å². The zero-order valence-electron chi connectivity index (χ0n) is 33.3. The lowest BCUT2D eigenvalue weighted by Gasteiger charge is -2.37. The van der Waals surface area contributed by atoms with E-state index in [1.807, 2.05) is 91.0 Å². The monoisotopic (exact) mass is 829 g/mol. The van der Waals surface area contributed by atoms with E-state index in [1.54, 1.807) is 32.4 Å². The third-order valence-electron chi connectivity index (χ3n) is 9.68. The molecule has 0 unspecified atom stereocenters. The second kappa shape index (κ2) is 21.4. The molecule has 16 heteroatoms. The molecule has 3 radical (unpaired) electrons. The average Bonchev–Trinajstić information content (AvgIpc) is 3.68. The van der Waals surface area contributed by atoms with Crippen LogP contribution in [0.5, 0.6) is 11.5 Å². The Morgan fingerprint density at radius 3 is 1.83 bits per heavy atom. The van der Waals surface area contributed by atoms with Gasteiger partial charge in [-0.05, 0) is 60.0 Å². The SMILES string of the molecule is COc1ccc(C(OC[C@H]2O[C@@H](n3cc(C)c(=O)n(C(=O)c4ccccc4)c3=O)C[C@@H]2OP(OCCC#N)OCCC#N)(c2ccccc2)c2ccc(OC)cc2)cc1.[B]. The Morgan fingerprint density at radius 2 is 1.32 bits per heavy atom. The third kappa shape index (κ3) is 10.1. The fraction of sp³-hybridized carbons (Fsp3) is 0.295. The lowest BCUT2D eigenvalue weighted by molar-refractivity contribution is -0.0931. The van der Waals surface area contributed by atoms with Gasteiger partial charge in [0.2, 0.25) is 0 Å². The topological polar surface area (TPSA) is 173 Å². The van der Waals surface area contributed by atoms with Gasteiger partial charge < -0.3 is 32.5 Å². The van der Waals surface area contributed by atoms with Crippen LogP contribution in [0.3, 0.4) is 0 Å². The Hall–Kier alpha value is -5.90. The van der Waals surface area contributed by atoms with Crippen LogP contribution in [0.25, 0.3) is 0 Å². The molecular weight excluding hydrogens is 786 g/mol. The van der Waals surface area contributed by atoms with Crippen LogP contribution in [0.1, 0.15) is 58.1 Å². The first-order valence-electron chi connectivity index (χ1n) is 18.8. The van der Waals surface area contributed by atoms with E-state index in [0.717, 1.165) is 16.7 Å². The second-order valence-electron chi connectivity index (χ2n) is 13.3. The number of aromatic nitrogens is 2. The molecule has 6 rings (SSSR count). The number of ether oxygens (including phenoxy) is 4. The van der Waals surface area contributed by atoms with E-state index in [9.17, 15) is 24.9 Å². The largest absolute Gasteiger partial charge is 0.497 e. The van der Waals surface area contributed by atoms with Crippen LogP contribution in [0, 0.1) is 29.6 Å². The van der Waals surface area contributed by atoms with E-state index in [4.69, 9.17) is 32.5 Å². The number of carbonyl (C=O) groups excluding carboxylic acids is 1. The number of methoxy groups -OCH3 is 2. The molecule has 0 amide bonds. The summed E-state index contributed by atoms with van der Waals surface area (Å²) in [5, 5.41) is 18.4. The normalized spacial score (nSPS) is 16.1. The summed E-state index contributed by atoms with van der Waals surface area (Å²) >= 11 is 0. The number of benzene rings is 4. The molecule has 1 saturated heterocycles. The van der Waals surface area contributed by atoms with Gasteiger partial charge in [0.15, 0.2) is 0 Å². The van der Waals surface area contributed by atoms with E-state index >= 15 is 0 Å². The molecule has 0 aliphatic carbocycles. The Balaban J connectivity index is 0.00000683. The standard InChI is InChI=1S/C44H43N4O10P.B/c1-31-29-47(43(51)48(41(31)49)42(50)32-12-6-4-7-13-32)40-28-38(58-59(55-26-10-24-45)56-27-11-25-46)39(57-40)30-54-44(33-14-8-5-9-15-33,34-16-20-36(52-2)21-17-34)35-18-22-37(53-3)23-19-35;/h4-9,12-23,29,38-40H,10-11,26-28,30H2,1-3H3;/t38-,39+,40+;/m0./s1. The Morgan fingerprint density at radius 1 is 0.800 bits per heavy atom. The van der Waals surface area contributed by atoms with Crippen molar-refractivity contribution in [3.05, 3.63) is 164 Å². The third-order valence-corrected chi connectivity index (χ3v) is 10.9. The van der Waals surface area contributed by atoms with Gasteiger partial charge in [0.05, 0.1) is 65.1 Å². The fourth-order valence-corrected chi connectivity index (χ4v) is 7.87. The number of hydrogen-bond donors (Lipinski definition) is 0. The van der Waals surface area contributed by atoms with Crippen molar-refractivity contribution in [3.63, 3.8) is 0 Å². The van der Waals surface area contributed by atoms with Gasteiger partial charge in [-0.3, -0.25) is 14.2 Å². The number of rotatable bonds is 18. The molecule has 0 saturated carbocycles. The zero-order valence-corrected chi connectivity index (χ0v) is 34.2. The first-order chi connectivity index (χ1) is 28.7. The summed E-state index contributed by atoms with van der Waals surface area (Å²) in [5.41, 5.74) is -0.269. The molecule has 0 spiro atoms. The average molecular weight is 830 g/mol. The van der Waals surface area contributed by atoms with Crippen LogP contribution in [-0.2, 0) is 28.6 Å². The highest BCUT2D eigenvalue weighted by molar-refractivity contribution is 7.41. The van der Waals surface area contributed by atoms with Crippen LogP contribution in [-0.4, -0.2) is 69.7 Å². The van der Waals surface area contributed by atoms with Gasteiger partial charge >= 0.3 is 14.3 Å². The van der Waals surface area contributed by atoms with Gasteiger partial charge in [0.1, 0.15) is 29.4 Å².